The fraction of sp³-hybridized carbons (Fsp3) is 0.846. The van der Waals surface area contributed by atoms with E-state index in [1.165, 1.54) is 0 Å². The number of carboxylic acid groups (broad SMARTS) is 1. The minimum Gasteiger partial charge on any atom is -0.480 e. The fourth-order valence-electron chi connectivity index (χ4n) is 2.04. The van der Waals surface area contributed by atoms with Crippen LogP contribution in [-0.4, -0.2) is 48.6 Å². The molecule has 0 amide bonds. The summed E-state index contributed by atoms with van der Waals surface area (Å²) in [5.74, 6) is -1.81. The molecular weight excluding hydrogens is 252 g/mol. The number of esters is 1. The van der Waals surface area contributed by atoms with Crippen LogP contribution in [0.3, 0.4) is 0 Å². The van der Waals surface area contributed by atoms with E-state index in [1.807, 2.05) is 6.92 Å². The topological polar surface area (TPSA) is 88.7 Å². The molecule has 0 aliphatic carbocycles. The van der Waals surface area contributed by atoms with Gasteiger partial charge in [0.15, 0.2) is 5.41 Å². The average Bonchev–Trinajstić information content (AvgIpc) is 3.22. The molecule has 0 aromatic rings. The molecule has 108 valence electrons. The van der Waals surface area contributed by atoms with E-state index in [-0.39, 0.29) is 31.2 Å². The predicted octanol–water partition coefficient (Wildman–Crippen LogP) is 0.977. The summed E-state index contributed by atoms with van der Waals surface area (Å²) in [6.07, 6.45) is 0.390. The Balaban J connectivity index is 2.13. The van der Waals surface area contributed by atoms with E-state index in [1.54, 1.807) is 6.92 Å². The lowest BCUT2D eigenvalue weighted by Gasteiger charge is -2.27. The molecule has 2 aliphatic heterocycles. The highest BCUT2D eigenvalue weighted by atomic mass is 16.6. The Morgan fingerprint density at radius 2 is 1.79 bits per heavy atom. The first-order valence-electron chi connectivity index (χ1n) is 6.65. The molecule has 0 radical (unpaired) electrons. The van der Waals surface area contributed by atoms with Crippen LogP contribution in [0.1, 0.15) is 33.1 Å². The molecule has 6 heteroatoms. The zero-order valence-electron chi connectivity index (χ0n) is 11.3. The van der Waals surface area contributed by atoms with Gasteiger partial charge in [0.25, 0.3) is 0 Å². The maximum Gasteiger partial charge on any atom is 0.323 e. The van der Waals surface area contributed by atoms with Gasteiger partial charge in [-0.25, -0.2) is 0 Å². The van der Waals surface area contributed by atoms with Crippen molar-refractivity contribution in [2.45, 2.75) is 51.4 Å². The third-order valence-electron chi connectivity index (χ3n) is 3.64. The highest BCUT2D eigenvalue weighted by molar-refractivity contribution is 5.99. The van der Waals surface area contributed by atoms with Gasteiger partial charge in [-0.15, -0.1) is 0 Å². The van der Waals surface area contributed by atoms with Crippen LogP contribution in [0.4, 0.5) is 0 Å². The molecule has 2 rings (SSSR count). The molecule has 0 aromatic heterocycles. The van der Waals surface area contributed by atoms with Crippen molar-refractivity contribution in [1.82, 2.24) is 0 Å². The monoisotopic (exact) mass is 272 g/mol. The van der Waals surface area contributed by atoms with Crippen LogP contribution >= 0.6 is 0 Å². The maximum absolute atomic E-state index is 12.3. The third kappa shape index (κ3) is 3.45. The quantitative estimate of drug-likeness (QED) is 0.402. The number of hydrogen-bond donors (Lipinski definition) is 1. The van der Waals surface area contributed by atoms with Crippen molar-refractivity contribution >= 4 is 11.9 Å². The van der Waals surface area contributed by atoms with Gasteiger partial charge in [-0.1, -0.05) is 6.92 Å². The summed E-state index contributed by atoms with van der Waals surface area (Å²) in [6.45, 7) is 4.66. The van der Waals surface area contributed by atoms with Crippen LogP contribution in [0.5, 0.6) is 0 Å². The smallest absolute Gasteiger partial charge is 0.323 e. The summed E-state index contributed by atoms with van der Waals surface area (Å²) in [7, 11) is 0. The Hall–Kier alpha value is -1.14. The summed E-state index contributed by atoms with van der Waals surface area (Å²) in [4.78, 5) is 23.9. The van der Waals surface area contributed by atoms with Gasteiger partial charge < -0.3 is 19.3 Å². The van der Waals surface area contributed by atoms with Crippen LogP contribution in [0, 0.1) is 5.41 Å². The second-order valence-corrected chi connectivity index (χ2v) is 5.33. The summed E-state index contributed by atoms with van der Waals surface area (Å²) >= 11 is 0. The maximum atomic E-state index is 12.3. The van der Waals surface area contributed by atoms with Crippen LogP contribution in [0.25, 0.3) is 0 Å². The van der Waals surface area contributed by atoms with E-state index in [2.05, 4.69) is 0 Å². The van der Waals surface area contributed by atoms with Crippen molar-refractivity contribution in [3.63, 3.8) is 0 Å². The zero-order valence-corrected chi connectivity index (χ0v) is 11.3. The first-order chi connectivity index (χ1) is 8.98. The standard InChI is InChI=1S/C13H20O6/c1-3-8(2)19-12(16)13(11(14)15,4-9-6-17-9)5-10-7-18-10/h8-10H,3-7H2,1-2H3,(H,14,15). The summed E-state index contributed by atoms with van der Waals surface area (Å²) in [5, 5.41) is 9.52. The highest BCUT2D eigenvalue weighted by Crippen LogP contribution is 2.39. The van der Waals surface area contributed by atoms with Crippen molar-refractivity contribution < 1.29 is 28.9 Å². The Kier molecular flexibility index (Phi) is 4.10. The SMILES string of the molecule is CCC(C)OC(=O)C(CC1CO1)(CC1CO1)C(=O)O. The van der Waals surface area contributed by atoms with Crippen LogP contribution in [0.2, 0.25) is 0 Å². The molecule has 0 saturated carbocycles. The number of ether oxygens (including phenoxy) is 3. The van der Waals surface area contributed by atoms with E-state index in [9.17, 15) is 14.7 Å². The van der Waals surface area contributed by atoms with Crippen molar-refractivity contribution in [3.05, 3.63) is 0 Å². The molecule has 19 heavy (non-hydrogen) atoms. The number of carbonyl (C=O) groups is 2. The molecule has 2 fully saturated rings. The van der Waals surface area contributed by atoms with Crippen molar-refractivity contribution in [2.75, 3.05) is 13.2 Å². The first kappa shape index (κ1) is 14.3. The third-order valence-corrected chi connectivity index (χ3v) is 3.64. The van der Waals surface area contributed by atoms with E-state index >= 15 is 0 Å². The van der Waals surface area contributed by atoms with Crippen LogP contribution < -0.4 is 0 Å². The molecule has 0 aromatic carbocycles. The number of aliphatic carboxylic acids is 1. The van der Waals surface area contributed by atoms with Crippen molar-refractivity contribution in [3.8, 4) is 0 Å². The average molecular weight is 272 g/mol. The number of carbonyl (C=O) groups excluding carboxylic acids is 1. The van der Waals surface area contributed by atoms with Crippen LogP contribution in [0.15, 0.2) is 0 Å². The molecule has 1 N–H and O–H groups in total. The summed E-state index contributed by atoms with van der Waals surface area (Å²) in [5.41, 5.74) is -1.54. The Bertz CT molecular complexity index is 344. The molecule has 3 unspecified atom stereocenters. The summed E-state index contributed by atoms with van der Waals surface area (Å²) < 4.78 is 15.4. The van der Waals surface area contributed by atoms with E-state index in [4.69, 9.17) is 14.2 Å². The largest absolute Gasteiger partial charge is 0.480 e. The van der Waals surface area contributed by atoms with Gasteiger partial charge in [0.1, 0.15) is 0 Å². The van der Waals surface area contributed by atoms with Gasteiger partial charge in [0, 0.05) is 12.8 Å². The molecule has 3 atom stereocenters. The molecule has 2 saturated heterocycles. The lowest BCUT2D eigenvalue weighted by Crippen LogP contribution is -2.44. The van der Waals surface area contributed by atoms with Gasteiger partial charge in [-0.3, -0.25) is 9.59 Å². The van der Waals surface area contributed by atoms with Gasteiger partial charge in [0.2, 0.25) is 0 Å². The molecule has 0 bridgehead atoms. The number of carboxylic acids is 1. The predicted molar refractivity (Wildman–Crippen MR) is 64.6 cm³/mol. The molecule has 2 heterocycles. The van der Waals surface area contributed by atoms with Crippen LogP contribution in [-0.2, 0) is 23.8 Å². The summed E-state index contributed by atoms with van der Waals surface area (Å²) in [6, 6.07) is 0. The minimum atomic E-state index is -1.54. The number of hydrogen-bond acceptors (Lipinski definition) is 5. The van der Waals surface area contributed by atoms with Crippen molar-refractivity contribution in [2.24, 2.45) is 5.41 Å². The lowest BCUT2D eigenvalue weighted by atomic mass is 9.79. The van der Waals surface area contributed by atoms with Gasteiger partial charge >= 0.3 is 11.9 Å². The molecular formula is C13H20O6. The highest BCUT2D eigenvalue weighted by Gasteiger charge is 2.54. The number of epoxide rings is 2. The first-order valence-corrected chi connectivity index (χ1v) is 6.65. The second kappa shape index (κ2) is 5.46. The van der Waals surface area contributed by atoms with E-state index in [0.29, 0.717) is 19.6 Å². The van der Waals surface area contributed by atoms with Gasteiger partial charge in [-0.2, -0.15) is 0 Å². The van der Waals surface area contributed by atoms with E-state index in [0.717, 1.165) is 0 Å². The molecule has 0 spiro atoms. The van der Waals surface area contributed by atoms with Gasteiger partial charge in [-0.05, 0) is 13.3 Å². The lowest BCUT2D eigenvalue weighted by molar-refractivity contribution is -0.174. The zero-order chi connectivity index (χ0) is 14.0. The normalized spacial score (nSPS) is 29.2. The minimum absolute atomic E-state index is 0.153. The Morgan fingerprint density at radius 3 is 2.11 bits per heavy atom. The van der Waals surface area contributed by atoms with E-state index < -0.39 is 17.4 Å². The second-order valence-electron chi connectivity index (χ2n) is 5.33. The Morgan fingerprint density at radius 1 is 1.32 bits per heavy atom. The number of rotatable bonds is 8. The fourth-order valence-corrected chi connectivity index (χ4v) is 2.04. The molecule has 6 nitrogen and oxygen atoms in total. The Labute approximate surface area is 112 Å². The molecule has 2 aliphatic rings. The van der Waals surface area contributed by atoms with Crippen molar-refractivity contribution in [1.29, 1.82) is 0 Å². The van der Waals surface area contributed by atoms with Gasteiger partial charge in [0.05, 0.1) is 31.5 Å².